The van der Waals surface area contributed by atoms with Crippen molar-refractivity contribution >= 4 is 46.0 Å². The highest BCUT2D eigenvalue weighted by Crippen LogP contribution is 2.33. The van der Waals surface area contributed by atoms with Crippen LogP contribution in [-0.4, -0.2) is 22.8 Å². The number of aromatic nitrogens is 1. The Hall–Kier alpha value is -3.58. The standard InChI is InChI=1S/C24H21N3O3S/c1-14-8-10-18(11-9-14)22-26-20(23(29)30-22)12-19-13-31-24(25-19)27(17(4)28)21-7-5-6-15(2)16(21)3/h5-13H,1-4H3/b20-12-. The van der Waals surface area contributed by atoms with Crippen LogP contribution in [0.5, 0.6) is 0 Å². The predicted octanol–water partition coefficient (Wildman–Crippen LogP) is 5.10. The lowest BCUT2D eigenvalue weighted by Gasteiger charge is -2.21. The van der Waals surface area contributed by atoms with E-state index < -0.39 is 5.97 Å². The molecule has 31 heavy (non-hydrogen) atoms. The van der Waals surface area contributed by atoms with Gasteiger partial charge in [0, 0.05) is 17.9 Å². The van der Waals surface area contributed by atoms with Gasteiger partial charge in [0.25, 0.3) is 0 Å². The SMILES string of the molecule is CC(=O)N(c1nc(/C=C2\N=C(c3ccc(C)cc3)OC2=O)cs1)c1cccc(C)c1C. The first-order chi connectivity index (χ1) is 14.8. The van der Waals surface area contributed by atoms with E-state index in [1.54, 1.807) is 16.4 Å². The van der Waals surface area contributed by atoms with Gasteiger partial charge in [-0.25, -0.2) is 14.8 Å². The number of cyclic esters (lactones) is 1. The summed E-state index contributed by atoms with van der Waals surface area (Å²) in [7, 11) is 0. The van der Waals surface area contributed by atoms with Crippen LogP contribution in [-0.2, 0) is 14.3 Å². The van der Waals surface area contributed by atoms with E-state index in [1.807, 2.05) is 63.2 Å². The molecule has 4 rings (SSSR count). The summed E-state index contributed by atoms with van der Waals surface area (Å²) in [6.45, 7) is 7.48. The Balaban J connectivity index is 1.65. The molecular weight excluding hydrogens is 410 g/mol. The number of ether oxygens (including phenoxy) is 1. The molecule has 3 aromatic rings. The van der Waals surface area contributed by atoms with Gasteiger partial charge >= 0.3 is 5.97 Å². The minimum atomic E-state index is -0.525. The van der Waals surface area contributed by atoms with Gasteiger partial charge in [-0.05, 0) is 56.2 Å². The molecule has 1 aliphatic rings. The van der Waals surface area contributed by atoms with Crippen molar-refractivity contribution in [3.8, 4) is 0 Å². The maximum atomic E-state index is 12.4. The maximum absolute atomic E-state index is 12.4. The number of hydrogen-bond donors (Lipinski definition) is 0. The third-order valence-corrected chi connectivity index (χ3v) is 5.88. The first kappa shape index (κ1) is 20.7. The molecule has 0 saturated heterocycles. The van der Waals surface area contributed by atoms with E-state index in [-0.39, 0.29) is 17.5 Å². The number of esters is 1. The van der Waals surface area contributed by atoms with E-state index in [4.69, 9.17) is 4.74 Å². The number of hydrogen-bond acceptors (Lipinski definition) is 6. The lowest BCUT2D eigenvalue weighted by atomic mass is 10.1. The highest BCUT2D eigenvalue weighted by atomic mass is 32.1. The molecule has 0 fully saturated rings. The zero-order valence-corrected chi connectivity index (χ0v) is 18.5. The largest absolute Gasteiger partial charge is 0.402 e. The van der Waals surface area contributed by atoms with Crippen molar-refractivity contribution < 1.29 is 14.3 Å². The fourth-order valence-electron chi connectivity index (χ4n) is 3.20. The van der Waals surface area contributed by atoms with Gasteiger partial charge in [0.15, 0.2) is 10.8 Å². The Labute approximate surface area is 184 Å². The first-order valence-electron chi connectivity index (χ1n) is 9.75. The van der Waals surface area contributed by atoms with Gasteiger partial charge in [0.05, 0.1) is 11.4 Å². The number of thiazole rings is 1. The van der Waals surface area contributed by atoms with E-state index in [0.717, 1.165) is 27.9 Å². The second kappa shape index (κ2) is 8.28. The summed E-state index contributed by atoms with van der Waals surface area (Å²) in [5.74, 6) is -0.391. The summed E-state index contributed by atoms with van der Waals surface area (Å²) < 4.78 is 5.32. The summed E-state index contributed by atoms with van der Waals surface area (Å²) in [4.78, 5) is 35.2. The van der Waals surface area contributed by atoms with Crippen molar-refractivity contribution in [1.82, 2.24) is 4.98 Å². The topological polar surface area (TPSA) is 71.9 Å². The normalized spacial score (nSPS) is 14.5. The van der Waals surface area contributed by atoms with E-state index in [9.17, 15) is 9.59 Å². The van der Waals surface area contributed by atoms with Gasteiger partial charge in [-0.2, -0.15) is 0 Å². The molecule has 1 aromatic heterocycles. The molecule has 0 spiro atoms. The van der Waals surface area contributed by atoms with E-state index in [0.29, 0.717) is 10.8 Å². The molecule has 0 unspecified atom stereocenters. The molecule has 156 valence electrons. The predicted molar refractivity (Wildman–Crippen MR) is 123 cm³/mol. The van der Waals surface area contributed by atoms with Crippen LogP contribution in [0.2, 0.25) is 0 Å². The van der Waals surface area contributed by atoms with Crippen LogP contribution in [0.15, 0.2) is 58.5 Å². The molecule has 0 N–H and O–H groups in total. The minimum absolute atomic E-state index is 0.137. The van der Waals surface area contributed by atoms with Crippen molar-refractivity contribution in [2.24, 2.45) is 4.99 Å². The van der Waals surface area contributed by atoms with Crippen molar-refractivity contribution in [1.29, 1.82) is 0 Å². The third kappa shape index (κ3) is 4.18. The van der Waals surface area contributed by atoms with Crippen molar-refractivity contribution in [2.75, 3.05) is 4.90 Å². The summed E-state index contributed by atoms with van der Waals surface area (Å²) in [6, 6.07) is 13.4. The van der Waals surface area contributed by atoms with Gasteiger partial charge in [-0.3, -0.25) is 9.69 Å². The van der Waals surface area contributed by atoms with E-state index in [1.165, 1.54) is 18.3 Å². The van der Waals surface area contributed by atoms with Crippen molar-refractivity contribution in [3.05, 3.63) is 81.5 Å². The molecule has 1 amide bonds. The van der Waals surface area contributed by atoms with Crippen LogP contribution in [0.4, 0.5) is 10.8 Å². The Morgan fingerprint density at radius 3 is 2.55 bits per heavy atom. The number of aliphatic imine (C=N–C) groups is 1. The molecule has 2 heterocycles. The summed E-state index contributed by atoms with van der Waals surface area (Å²) in [5.41, 5.74) is 5.46. The van der Waals surface area contributed by atoms with Crippen LogP contribution in [0.3, 0.4) is 0 Å². The van der Waals surface area contributed by atoms with E-state index in [2.05, 4.69) is 9.98 Å². The fraction of sp³-hybridized carbons (Fsp3) is 0.167. The molecule has 7 heteroatoms. The average Bonchev–Trinajstić information content (AvgIpc) is 3.33. The summed E-state index contributed by atoms with van der Waals surface area (Å²) in [6.07, 6.45) is 1.57. The lowest BCUT2D eigenvalue weighted by Crippen LogP contribution is -2.23. The van der Waals surface area contributed by atoms with Crippen molar-refractivity contribution in [3.63, 3.8) is 0 Å². The number of rotatable bonds is 4. The average molecular weight is 432 g/mol. The maximum Gasteiger partial charge on any atom is 0.363 e. The minimum Gasteiger partial charge on any atom is -0.402 e. The lowest BCUT2D eigenvalue weighted by molar-refractivity contribution is -0.130. The van der Waals surface area contributed by atoms with Gasteiger partial charge in [0.2, 0.25) is 11.8 Å². The quantitative estimate of drug-likeness (QED) is 0.426. The molecule has 2 aromatic carbocycles. The van der Waals surface area contributed by atoms with Crippen LogP contribution < -0.4 is 4.90 Å². The van der Waals surface area contributed by atoms with Gasteiger partial charge < -0.3 is 4.74 Å². The van der Waals surface area contributed by atoms with Gasteiger partial charge in [-0.1, -0.05) is 29.8 Å². The smallest absolute Gasteiger partial charge is 0.363 e. The number of nitrogens with zero attached hydrogens (tertiary/aromatic N) is 3. The fourth-order valence-corrected chi connectivity index (χ4v) is 4.04. The number of benzene rings is 2. The Bertz CT molecular complexity index is 1240. The third-order valence-electron chi connectivity index (χ3n) is 5.04. The highest BCUT2D eigenvalue weighted by Gasteiger charge is 2.25. The number of amides is 1. The van der Waals surface area contributed by atoms with Crippen LogP contribution in [0, 0.1) is 20.8 Å². The van der Waals surface area contributed by atoms with Gasteiger partial charge in [-0.15, -0.1) is 11.3 Å². The number of carbonyl (C=O) groups excluding carboxylic acids is 2. The zero-order chi connectivity index (χ0) is 22.1. The first-order valence-corrected chi connectivity index (χ1v) is 10.6. The Morgan fingerprint density at radius 2 is 1.84 bits per heavy atom. The molecule has 0 bridgehead atoms. The van der Waals surface area contributed by atoms with Crippen molar-refractivity contribution in [2.45, 2.75) is 27.7 Å². The zero-order valence-electron chi connectivity index (χ0n) is 17.7. The second-order valence-electron chi connectivity index (χ2n) is 7.33. The Morgan fingerprint density at radius 1 is 1.10 bits per heavy atom. The summed E-state index contributed by atoms with van der Waals surface area (Å²) >= 11 is 1.33. The number of anilines is 2. The molecule has 0 radical (unpaired) electrons. The highest BCUT2D eigenvalue weighted by molar-refractivity contribution is 7.14. The molecule has 0 saturated carbocycles. The van der Waals surface area contributed by atoms with Crippen LogP contribution in [0.25, 0.3) is 6.08 Å². The van der Waals surface area contributed by atoms with Crippen LogP contribution >= 0.6 is 11.3 Å². The molecule has 1 aliphatic heterocycles. The molecular formula is C24H21N3O3S. The second-order valence-corrected chi connectivity index (χ2v) is 8.17. The molecule has 6 nitrogen and oxygen atoms in total. The van der Waals surface area contributed by atoms with Gasteiger partial charge in [0.1, 0.15) is 0 Å². The van der Waals surface area contributed by atoms with E-state index >= 15 is 0 Å². The number of aryl methyl sites for hydroxylation is 2. The molecule has 0 atom stereocenters. The molecule has 0 aliphatic carbocycles. The number of carbonyl (C=O) groups is 2. The summed E-state index contributed by atoms with van der Waals surface area (Å²) in [5, 5.41) is 2.32. The van der Waals surface area contributed by atoms with Crippen LogP contribution in [0.1, 0.15) is 34.9 Å². The monoisotopic (exact) mass is 431 g/mol. The Kier molecular flexibility index (Phi) is 5.52.